The van der Waals surface area contributed by atoms with Crippen molar-refractivity contribution >= 4 is 11.6 Å². The first-order valence-corrected chi connectivity index (χ1v) is 5.89. The summed E-state index contributed by atoms with van der Waals surface area (Å²) in [6, 6.07) is 7.24. The van der Waals surface area contributed by atoms with Crippen LogP contribution in [-0.4, -0.2) is 14.9 Å². The molecule has 0 bridgehead atoms. The van der Waals surface area contributed by atoms with E-state index in [1.807, 2.05) is 19.1 Å². The monoisotopic (exact) mass is 275 g/mol. The van der Waals surface area contributed by atoms with Crippen molar-refractivity contribution in [3.63, 3.8) is 0 Å². The number of aromatic nitrogens is 2. The van der Waals surface area contributed by atoms with E-state index in [9.17, 15) is 10.1 Å². The number of hydrogen-bond acceptors (Lipinski definition) is 7. The molecule has 3 N–H and O–H groups in total. The third-order valence-electron chi connectivity index (χ3n) is 2.58. The minimum atomic E-state index is -0.612. The summed E-state index contributed by atoms with van der Waals surface area (Å²) in [5.41, 5.74) is 2.94. The Morgan fingerprint density at radius 2 is 2.30 bits per heavy atom. The molecule has 0 aliphatic heterocycles. The molecule has 0 unspecified atom stereocenters. The molecule has 0 fully saturated rings. The number of rotatable bonds is 5. The Kier molecular flexibility index (Phi) is 4.06. The first-order valence-electron chi connectivity index (χ1n) is 5.89. The van der Waals surface area contributed by atoms with E-state index in [4.69, 9.17) is 10.6 Å². The number of aryl methyl sites for hydroxylation is 1. The number of hydrogen-bond donors (Lipinski definition) is 2. The molecule has 2 rings (SSSR count). The van der Waals surface area contributed by atoms with Crippen LogP contribution in [0.4, 0.5) is 11.6 Å². The highest BCUT2D eigenvalue weighted by molar-refractivity contribution is 5.45. The zero-order valence-corrected chi connectivity index (χ0v) is 10.7. The number of hydrazine groups is 1. The average molecular weight is 275 g/mol. The molecule has 0 atom stereocenters. The van der Waals surface area contributed by atoms with E-state index in [0.717, 1.165) is 18.2 Å². The molecule has 0 aliphatic carbocycles. The smallest absolute Gasteiger partial charge is 0.349 e. The van der Waals surface area contributed by atoms with Crippen LogP contribution in [0.5, 0.6) is 11.6 Å². The second-order valence-electron chi connectivity index (χ2n) is 3.89. The van der Waals surface area contributed by atoms with Crippen LogP contribution in [0.3, 0.4) is 0 Å². The van der Waals surface area contributed by atoms with Crippen molar-refractivity contribution in [2.45, 2.75) is 13.3 Å². The number of benzene rings is 1. The van der Waals surface area contributed by atoms with Gasteiger partial charge in [0, 0.05) is 0 Å². The Morgan fingerprint density at radius 3 is 2.95 bits per heavy atom. The summed E-state index contributed by atoms with van der Waals surface area (Å²) in [7, 11) is 0. The molecule has 2 aromatic rings. The first kappa shape index (κ1) is 13.7. The minimum absolute atomic E-state index is 0.0391. The van der Waals surface area contributed by atoms with E-state index in [-0.39, 0.29) is 17.5 Å². The molecule has 104 valence electrons. The Morgan fingerprint density at radius 1 is 1.50 bits per heavy atom. The van der Waals surface area contributed by atoms with Crippen molar-refractivity contribution in [1.82, 2.24) is 9.97 Å². The van der Waals surface area contributed by atoms with Gasteiger partial charge in [0.1, 0.15) is 11.9 Å². The summed E-state index contributed by atoms with van der Waals surface area (Å²) < 4.78 is 5.47. The van der Waals surface area contributed by atoms with Crippen molar-refractivity contribution in [3.8, 4) is 11.6 Å². The maximum Gasteiger partial charge on any atom is 0.349 e. The zero-order valence-electron chi connectivity index (χ0n) is 10.7. The zero-order chi connectivity index (χ0) is 14.5. The molecule has 20 heavy (non-hydrogen) atoms. The van der Waals surface area contributed by atoms with Crippen molar-refractivity contribution < 1.29 is 9.66 Å². The van der Waals surface area contributed by atoms with Crippen LogP contribution in [0, 0.1) is 10.1 Å². The van der Waals surface area contributed by atoms with E-state index >= 15 is 0 Å². The average Bonchev–Trinajstić information content (AvgIpc) is 2.47. The molecule has 0 saturated carbocycles. The second-order valence-corrected chi connectivity index (χ2v) is 3.89. The van der Waals surface area contributed by atoms with Crippen LogP contribution in [0.15, 0.2) is 30.5 Å². The Balaban J connectivity index is 2.37. The Bertz CT molecular complexity index is 632. The van der Waals surface area contributed by atoms with Gasteiger partial charge in [-0.25, -0.2) is 10.8 Å². The number of nitrogens with two attached hydrogens (primary N) is 1. The van der Waals surface area contributed by atoms with Crippen LogP contribution in [0.1, 0.15) is 12.5 Å². The minimum Gasteiger partial charge on any atom is -0.434 e. The van der Waals surface area contributed by atoms with E-state index in [1.165, 1.54) is 0 Å². The molecule has 0 radical (unpaired) electrons. The predicted octanol–water partition coefficient (Wildman–Crippen LogP) is 2.03. The van der Waals surface area contributed by atoms with Crippen molar-refractivity contribution in [2.75, 3.05) is 5.43 Å². The predicted molar refractivity (Wildman–Crippen MR) is 72.4 cm³/mol. The summed E-state index contributed by atoms with van der Waals surface area (Å²) in [6.07, 6.45) is 1.87. The fraction of sp³-hybridized carbons (Fsp3) is 0.167. The van der Waals surface area contributed by atoms with Gasteiger partial charge >= 0.3 is 11.6 Å². The van der Waals surface area contributed by atoms with Crippen molar-refractivity contribution in [3.05, 3.63) is 46.1 Å². The van der Waals surface area contributed by atoms with Gasteiger partial charge in [-0.3, -0.25) is 15.5 Å². The number of ether oxygens (including phenoxy) is 1. The molecule has 8 heteroatoms. The van der Waals surface area contributed by atoms with E-state index in [1.54, 1.807) is 12.1 Å². The molecular formula is C12H13N5O3. The maximum absolute atomic E-state index is 10.9. The summed E-state index contributed by atoms with van der Waals surface area (Å²) in [5.74, 6) is 5.53. The summed E-state index contributed by atoms with van der Waals surface area (Å²) in [4.78, 5) is 17.9. The Labute approximate surface area is 114 Å². The third kappa shape index (κ3) is 2.98. The van der Waals surface area contributed by atoms with Crippen LogP contribution in [0.2, 0.25) is 0 Å². The highest BCUT2D eigenvalue weighted by atomic mass is 16.6. The third-order valence-corrected chi connectivity index (χ3v) is 2.58. The molecule has 0 aliphatic rings. The second kappa shape index (κ2) is 5.93. The highest BCUT2D eigenvalue weighted by Crippen LogP contribution is 2.29. The first-order chi connectivity index (χ1) is 9.63. The molecule has 1 heterocycles. The van der Waals surface area contributed by atoms with Crippen LogP contribution >= 0.6 is 0 Å². The quantitative estimate of drug-likeness (QED) is 0.487. The van der Waals surface area contributed by atoms with E-state index in [0.29, 0.717) is 5.75 Å². The Hall–Kier alpha value is -2.74. The lowest BCUT2D eigenvalue weighted by atomic mass is 10.2. The largest absolute Gasteiger partial charge is 0.434 e. The molecule has 1 aromatic carbocycles. The fourth-order valence-electron chi connectivity index (χ4n) is 1.57. The number of nitrogen functional groups attached to an aromatic ring is 1. The molecule has 0 spiro atoms. The summed E-state index contributed by atoms with van der Waals surface area (Å²) in [5, 5.41) is 10.9. The van der Waals surface area contributed by atoms with Crippen molar-refractivity contribution in [2.24, 2.45) is 5.84 Å². The van der Waals surface area contributed by atoms with Crippen LogP contribution in [-0.2, 0) is 6.42 Å². The van der Waals surface area contributed by atoms with E-state index in [2.05, 4.69) is 15.4 Å². The molecule has 0 saturated heterocycles. The maximum atomic E-state index is 10.9. The molecule has 0 amide bonds. The number of nitro groups is 1. The standard InChI is InChI=1S/C12H13N5O3/c1-2-8-4-3-5-9(6-8)20-11-10(17(18)19)7-14-12(15-11)16-13/h3-7H,2,13H2,1H3,(H,14,15,16). The van der Waals surface area contributed by atoms with Crippen molar-refractivity contribution in [1.29, 1.82) is 0 Å². The van der Waals surface area contributed by atoms with Gasteiger partial charge in [-0.1, -0.05) is 19.1 Å². The van der Waals surface area contributed by atoms with Gasteiger partial charge in [0.15, 0.2) is 0 Å². The van der Waals surface area contributed by atoms with Gasteiger partial charge in [-0.2, -0.15) is 4.98 Å². The van der Waals surface area contributed by atoms with Gasteiger partial charge in [0.2, 0.25) is 5.95 Å². The topological polar surface area (TPSA) is 116 Å². The summed E-state index contributed by atoms with van der Waals surface area (Å²) in [6.45, 7) is 2.00. The lowest BCUT2D eigenvalue weighted by Gasteiger charge is -2.07. The van der Waals surface area contributed by atoms with Gasteiger partial charge < -0.3 is 4.74 Å². The molecule has 8 nitrogen and oxygen atoms in total. The van der Waals surface area contributed by atoms with Gasteiger partial charge in [-0.05, 0) is 24.1 Å². The lowest BCUT2D eigenvalue weighted by Crippen LogP contribution is -2.11. The number of nitrogens with one attached hydrogen (secondary N) is 1. The van der Waals surface area contributed by atoms with Gasteiger partial charge in [0.25, 0.3) is 0 Å². The highest BCUT2D eigenvalue weighted by Gasteiger charge is 2.19. The van der Waals surface area contributed by atoms with Gasteiger partial charge in [-0.15, -0.1) is 0 Å². The molecule has 1 aromatic heterocycles. The SMILES string of the molecule is CCc1cccc(Oc2nc(NN)ncc2[N+](=O)[O-])c1. The lowest BCUT2D eigenvalue weighted by molar-refractivity contribution is -0.386. The van der Waals surface area contributed by atoms with E-state index < -0.39 is 4.92 Å². The number of nitrogens with zero attached hydrogens (tertiary/aromatic N) is 3. The van der Waals surface area contributed by atoms with Crippen LogP contribution in [0.25, 0.3) is 0 Å². The van der Waals surface area contributed by atoms with Crippen LogP contribution < -0.4 is 16.0 Å². The molecular weight excluding hydrogens is 262 g/mol. The fourth-order valence-corrected chi connectivity index (χ4v) is 1.57. The number of anilines is 1. The van der Waals surface area contributed by atoms with Gasteiger partial charge in [0.05, 0.1) is 4.92 Å². The summed E-state index contributed by atoms with van der Waals surface area (Å²) >= 11 is 0. The normalized spacial score (nSPS) is 10.1.